The van der Waals surface area contributed by atoms with E-state index >= 15 is 0 Å². The molecule has 0 amide bonds. The Morgan fingerprint density at radius 2 is 2.21 bits per heavy atom. The lowest BCUT2D eigenvalue weighted by atomic mass is 10.1. The van der Waals surface area contributed by atoms with Gasteiger partial charge in [0.05, 0.1) is 17.6 Å². The summed E-state index contributed by atoms with van der Waals surface area (Å²) in [4.78, 5) is 0. The fourth-order valence-corrected chi connectivity index (χ4v) is 3.69. The maximum Gasteiger partial charge on any atom is 0.153 e. The van der Waals surface area contributed by atoms with Gasteiger partial charge in [-0.15, -0.1) is 0 Å². The first kappa shape index (κ1) is 14.3. The standard InChI is InChI=1S/C14H21NO3S/c1-11(4-7-15)19(16,17)9-6-12-2-3-14-13(10-12)5-8-18-14/h2-3,10-11H,4-9,15H2,1H3. The van der Waals surface area contributed by atoms with Gasteiger partial charge in [-0.1, -0.05) is 12.1 Å². The smallest absolute Gasteiger partial charge is 0.153 e. The van der Waals surface area contributed by atoms with E-state index < -0.39 is 9.84 Å². The Balaban J connectivity index is 1.99. The Morgan fingerprint density at radius 3 is 2.95 bits per heavy atom. The highest BCUT2D eigenvalue weighted by atomic mass is 32.2. The number of hydrogen-bond acceptors (Lipinski definition) is 4. The number of ether oxygens (including phenoxy) is 1. The van der Waals surface area contributed by atoms with Crippen LogP contribution in [-0.4, -0.2) is 32.6 Å². The molecule has 1 aromatic carbocycles. The molecule has 1 heterocycles. The lowest BCUT2D eigenvalue weighted by Crippen LogP contribution is -2.24. The van der Waals surface area contributed by atoms with Crippen LogP contribution in [0.25, 0.3) is 0 Å². The number of aryl methyl sites for hydroxylation is 1. The fraction of sp³-hybridized carbons (Fsp3) is 0.571. The van der Waals surface area contributed by atoms with Crippen molar-refractivity contribution in [3.05, 3.63) is 29.3 Å². The van der Waals surface area contributed by atoms with Gasteiger partial charge >= 0.3 is 0 Å². The van der Waals surface area contributed by atoms with Crippen molar-refractivity contribution in [2.75, 3.05) is 18.9 Å². The zero-order valence-electron chi connectivity index (χ0n) is 11.3. The third-order valence-electron chi connectivity index (χ3n) is 3.62. The number of nitrogens with two attached hydrogens (primary N) is 1. The summed E-state index contributed by atoms with van der Waals surface area (Å²) in [6.45, 7) is 2.87. The zero-order chi connectivity index (χ0) is 13.9. The molecule has 0 saturated heterocycles. The average molecular weight is 283 g/mol. The van der Waals surface area contributed by atoms with Gasteiger partial charge in [0.15, 0.2) is 9.84 Å². The molecule has 1 aliphatic heterocycles. The van der Waals surface area contributed by atoms with Crippen molar-refractivity contribution in [2.45, 2.75) is 31.4 Å². The van der Waals surface area contributed by atoms with E-state index in [1.54, 1.807) is 6.92 Å². The van der Waals surface area contributed by atoms with Gasteiger partial charge in [-0.2, -0.15) is 0 Å². The Bertz CT molecular complexity index is 540. The summed E-state index contributed by atoms with van der Waals surface area (Å²) < 4.78 is 29.5. The third kappa shape index (κ3) is 3.48. The summed E-state index contributed by atoms with van der Waals surface area (Å²) in [6.07, 6.45) is 2.00. The molecule has 0 aromatic heterocycles. The molecule has 1 atom stereocenters. The van der Waals surface area contributed by atoms with Gasteiger partial charge in [0.2, 0.25) is 0 Å². The number of rotatable bonds is 6. The van der Waals surface area contributed by atoms with Gasteiger partial charge in [-0.05, 0) is 43.5 Å². The molecule has 1 aliphatic rings. The van der Waals surface area contributed by atoms with Gasteiger partial charge in [0.1, 0.15) is 5.75 Å². The van der Waals surface area contributed by atoms with E-state index in [4.69, 9.17) is 10.5 Å². The SMILES string of the molecule is CC(CCN)S(=O)(=O)CCc1ccc2c(c1)CCO2. The van der Waals surface area contributed by atoms with E-state index in [0.717, 1.165) is 24.3 Å². The van der Waals surface area contributed by atoms with Crippen molar-refractivity contribution in [1.29, 1.82) is 0 Å². The molecule has 4 nitrogen and oxygen atoms in total. The molecule has 106 valence electrons. The first-order valence-electron chi connectivity index (χ1n) is 6.69. The lowest BCUT2D eigenvalue weighted by molar-refractivity contribution is 0.357. The molecule has 0 aliphatic carbocycles. The molecule has 0 spiro atoms. The zero-order valence-corrected chi connectivity index (χ0v) is 12.1. The van der Waals surface area contributed by atoms with E-state index in [-0.39, 0.29) is 11.0 Å². The molecule has 1 aromatic rings. The number of sulfone groups is 1. The fourth-order valence-electron chi connectivity index (χ4n) is 2.27. The van der Waals surface area contributed by atoms with Crippen molar-refractivity contribution < 1.29 is 13.2 Å². The first-order valence-corrected chi connectivity index (χ1v) is 8.40. The largest absolute Gasteiger partial charge is 0.493 e. The summed E-state index contributed by atoms with van der Waals surface area (Å²) in [5.74, 6) is 1.12. The second kappa shape index (κ2) is 5.92. The summed E-state index contributed by atoms with van der Waals surface area (Å²) in [7, 11) is -3.05. The van der Waals surface area contributed by atoms with Crippen molar-refractivity contribution in [2.24, 2.45) is 5.73 Å². The predicted molar refractivity (Wildman–Crippen MR) is 76.3 cm³/mol. The third-order valence-corrected chi connectivity index (χ3v) is 5.85. The Morgan fingerprint density at radius 1 is 1.42 bits per heavy atom. The molecule has 0 fully saturated rings. The maximum atomic E-state index is 12.0. The quantitative estimate of drug-likeness (QED) is 0.855. The highest BCUT2D eigenvalue weighted by molar-refractivity contribution is 7.92. The minimum atomic E-state index is -3.05. The van der Waals surface area contributed by atoms with Crippen LogP contribution in [0.5, 0.6) is 5.75 Å². The Hall–Kier alpha value is -1.07. The molecule has 0 bridgehead atoms. The van der Waals surface area contributed by atoms with Crippen LogP contribution in [0.15, 0.2) is 18.2 Å². The van der Waals surface area contributed by atoms with Crippen molar-refractivity contribution in [1.82, 2.24) is 0 Å². The van der Waals surface area contributed by atoms with Crippen LogP contribution < -0.4 is 10.5 Å². The van der Waals surface area contributed by atoms with Gasteiger partial charge in [0, 0.05) is 6.42 Å². The number of hydrogen-bond donors (Lipinski definition) is 1. The van der Waals surface area contributed by atoms with E-state index in [1.165, 1.54) is 5.56 Å². The Kier molecular flexibility index (Phi) is 4.47. The van der Waals surface area contributed by atoms with Crippen LogP contribution in [-0.2, 0) is 22.7 Å². The van der Waals surface area contributed by atoms with E-state index in [1.807, 2.05) is 12.1 Å². The number of benzene rings is 1. The molecular formula is C14H21NO3S. The maximum absolute atomic E-state index is 12.0. The van der Waals surface area contributed by atoms with Gasteiger partial charge in [0.25, 0.3) is 0 Å². The lowest BCUT2D eigenvalue weighted by Gasteiger charge is -2.12. The minimum absolute atomic E-state index is 0.188. The summed E-state index contributed by atoms with van der Waals surface area (Å²) in [5.41, 5.74) is 7.66. The molecule has 0 saturated carbocycles. The second-order valence-corrected chi connectivity index (χ2v) is 7.58. The minimum Gasteiger partial charge on any atom is -0.493 e. The van der Waals surface area contributed by atoms with E-state index in [2.05, 4.69) is 6.07 Å². The van der Waals surface area contributed by atoms with Crippen LogP contribution in [0, 0.1) is 0 Å². The van der Waals surface area contributed by atoms with Gasteiger partial charge in [-0.25, -0.2) is 8.42 Å². The summed E-state index contributed by atoms with van der Waals surface area (Å²) in [5, 5.41) is -0.352. The second-order valence-electron chi connectivity index (χ2n) is 5.05. The Labute approximate surface area is 114 Å². The van der Waals surface area contributed by atoms with Crippen LogP contribution in [0.2, 0.25) is 0 Å². The van der Waals surface area contributed by atoms with E-state index in [0.29, 0.717) is 19.4 Å². The summed E-state index contributed by atoms with van der Waals surface area (Å²) >= 11 is 0. The molecule has 2 rings (SSSR count). The van der Waals surface area contributed by atoms with Crippen LogP contribution in [0.1, 0.15) is 24.5 Å². The van der Waals surface area contributed by atoms with Gasteiger partial charge < -0.3 is 10.5 Å². The highest BCUT2D eigenvalue weighted by Gasteiger charge is 2.20. The van der Waals surface area contributed by atoms with E-state index in [9.17, 15) is 8.42 Å². The monoisotopic (exact) mass is 283 g/mol. The van der Waals surface area contributed by atoms with Crippen LogP contribution in [0.4, 0.5) is 0 Å². The average Bonchev–Trinajstić information content (AvgIpc) is 2.84. The van der Waals surface area contributed by atoms with Crippen molar-refractivity contribution in [3.8, 4) is 5.75 Å². The van der Waals surface area contributed by atoms with Crippen LogP contribution in [0.3, 0.4) is 0 Å². The molecule has 19 heavy (non-hydrogen) atoms. The van der Waals surface area contributed by atoms with Crippen molar-refractivity contribution >= 4 is 9.84 Å². The molecular weight excluding hydrogens is 262 g/mol. The molecule has 2 N–H and O–H groups in total. The van der Waals surface area contributed by atoms with Crippen LogP contribution >= 0.6 is 0 Å². The molecule has 0 radical (unpaired) electrons. The predicted octanol–water partition coefficient (Wildman–Crippen LogP) is 1.32. The topological polar surface area (TPSA) is 69.4 Å². The van der Waals surface area contributed by atoms with Gasteiger partial charge in [-0.3, -0.25) is 0 Å². The number of fused-ring (bicyclic) bond motifs is 1. The molecule has 1 unspecified atom stereocenters. The summed E-state index contributed by atoms with van der Waals surface area (Å²) in [6, 6.07) is 5.95. The highest BCUT2D eigenvalue weighted by Crippen LogP contribution is 2.26. The van der Waals surface area contributed by atoms with Crippen molar-refractivity contribution in [3.63, 3.8) is 0 Å². The first-order chi connectivity index (χ1) is 9.03. The molecule has 5 heteroatoms. The normalized spacial score (nSPS) is 15.9.